The van der Waals surface area contributed by atoms with Crippen molar-refractivity contribution in [3.8, 4) is 0 Å². The zero-order valence-corrected chi connectivity index (χ0v) is 13.2. The zero-order valence-electron chi connectivity index (χ0n) is 13.2. The molecule has 2 nitrogen and oxygen atoms in total. The van der Waals surface area contributed by atoms with E-state index < -0.39 is 0 Å². The van der Waals surface area contributed by atoms with E-state index in [0.29, 0.717) is 6.04 Å². The maximum Gasteiger partial charge on any atom is 0.0366 e. The van der Waals surface area contributed by atoms with Gasteiger partial charge in [-0.2, -0.15) is 0 Å². The molecule has 1 fully saturated rings. The first kappa shape index (κ1) is 15.4. The molecule has 1 aliphatic heterocycles. The molecule has 0 bridgehead atoms. The van der Waals surface area contributed by atoms with Crippen molar-refractivity contribution in [2.75, 3.05) is 24.5 Å². The quantitative estimate of drug-likeness (QED) is 0.849. The van der Waals surface area contributed by atoms with Crippen molar-refractivity contribution in [2.24, 2.45) is 0 Å². The highest BCUT2D eigenvalue weighted by Gasteiger charge is 2.11. The number of benzene rings is 1. The van der Waals surface area contributed by atoms with E-state index in [0.717, 1.165) is 13.0 Å². The summed E-state index contributed by atoms with van der Waals surface area (Å²) < 4.78 is 0. The smallest absolute Gasteiger partial charge is 0.0366 e. The Morgan fingerprint density at radius 3 is 2.10 bits per heavy atom. The molecule has 1 aromatic carbocycles. The fourth-order valence-corrected chi connectivity index (χ4v) is 3.17. The van der Waals surface area contributed by atoms with Crippen molar-refractivity contribution in [1.29, 1.82) is 0 Å². The Morgan fingerprint density at radius 1 is 0.950 bits per heavy atom. The molecule has 20 heavy (non-hydrogen) atoms. The largest absolute Gasteiger partial charge is 0.372 e. The Hall–Kier alpha value is -1.02. The highest BCUT2D eigenvalue weighted by molar-refractivity contribution is 5.48. The molecular weight excluding hydrogens is 244 g/mol. The Kier molecular flexibility index (Phi) is 6.38. The van der Waals surface area contributed by atoms with E-state index in [1.807, 2.05) is 0 Å². The minimum Gasteiger partial charge on any atom is -0.372 e. The molecular formula is C18H30N2. The summed E-state index contributed by atoms with van der Waals surface area (Å²) >= 11 is 0. The van der Waals surface area contributed by atoms with Crippen LogP contribution < -0.4 is 10.2 Å². The fourth-order valence-electron chi connectivity index (χ4n) is 3.17. The average Bonchev–Trinajstić information content (AvgIpc) is 2.45. The van der Waals surface area contributed by atoms with E-state index >= 15 is 0 Å². The molecule has 0 saturated carbocycles. The first-order valence-corrected chi connectivity index (χ1v) is 8.43. The van der Waals surface area contributed by atoms with Crippen LogP contribution in [0.2, 0.25) is 0 Å². The SMILES string of the molecule is CCNC(CC)c1ccc(N2CCCCCCC2)cc1. The maximum absolute atomic E-state index is 3.55. The predicted molar refractivity (Wildman–Crippen MR) is 88.4 cm³/mol. The Bertz CT molecular complexity index is 364. The van der Waals surface area contributed by atoms with Crippen LogP contribution in [-0.2, 0) is 0 Å². The number of hydrogen-bond donors (Lipinski definition) is 1. The summed E-state index contributed by atoms with van der Waals surface area (Å²) in [6.07, 6.45) is 8.05. The Morgan fingerprint density at radius 2 is 1.55 bits per heavy atom. The molecule has 1 aliphatic rings. The standard InChI is InChI=1S/C18H30N2/c1-3-18(19-4-2)16-10-12-17(13-11-16)20-14-8-6-5-7-9-15-20/h10-13,18-19H,3-9,14-15H2,1-2H3. The number of anilines is 1. The molecule has 112 valence electrons. The summed E-state index contributed by atoms with van der Waals surface area (Å²) in [6.45, 7) is 7.91. The summed E-state index contributed by atoms with van der Waals surface area (Å²) in [7, 11) is 0. The van der Waals surface area contributed by atoms with E-state index in [1.165, 1.54) is 56.4 Å². The lowest BCUT2D eigenvalue weighted by atomic mass is 10.0. The zero-order chi connectivity index (χ0) is 14.2. The predicted octanol–water partition coefficient (Wildman–Crippen LogP) is 4.52. The van der Waals surface area contributed by atoms with Crippen LogP contribution in [0.15, 0.2) is 24.3 Å². The molecule has 0 aliphatic carbocycles. The van der Waals surface area contributed by atoms with E-state index in [-0.39, 0.29) is 0 Å². The molecule has 1 N–H and O–H groups in total. The lowest BCUT2D eigenvalue weighted by Gasteiger charge is -2.27. The van der Waals surface area contributed by atoms with Crippen LogP contribution in [-0.4, -0.2) is 19.6 Å². The lowest BCUT2D eigenvalue weighted by Crippen LogP contribution is -2.27. The number of rotatable bonds is 5. The van der Waals surface area contributed by atoms with Gasteiger partial charge in [0.05, 0.1) is 0 Å². The molecule has 2 heteroatoms. The fraction of sp³-hybridized carbons (Fsp3) is 0.667. The Balaban J connectivity index is 2.02. The van der Waals surface area contributed by atoms with E-state index in [1.54, 1.807) is 0 Å². The Labute approximate surface area is 124 Å². The summed E-state index contributed by atoms with van der Waals surface area (Å²) in [5.74, 6) is 0. The third kappa shape index (κ3) is 4.24. The molecule has 1 saturated heterocycles. The minimum absolute atomic E-state index is 0.501. The van der Waals surface area contributed by atoms with E-state index in [4.69, 9.17) is 0 Å². The molecule has 1 aromatic rings. The van der Waals surface area contributed by atoms with Crippen molar-refractivity contribution >= 4 is 5.69 Å². The van der Waals surface area contributed by atoms with Crippen molar-refractivity contribution in [3.05, 3.63) is 29.8 Å². The molecule has 1 heterocycles. The first-order chi connectivity index (χ1) is 9.85. The van der Waals surface area contributed by atoms with Gasteiger partial charge in [-0.1, -0.05) is 45.2 Å². The third-order valence-electron chi connectivity index (χ3n) is 4.38. The third-order valence-corrected chi connectivity index (χ3v) is 4.38. The van der Waals surface area contributed by atoms with Crippen LogP contribution >= 0.6 is 0 Å². The minimum atomic E-state index is 0.501. The average molecular weight is 274 g/mol. The van der Waals surface area contributed by atoms with Gasteiger partial charge in [-0.15, -0.1) is 0 Å². The summed E-state index contributed by atoms with van der Waals surface area (Å²) in [5.41, 5.74) is 2.83. The van der Waals surface area contributed by atoms with Crippen LogP contribution in [0.5, 0.6) is 0 Å². The first-order valence-electron chi connectivity index (χ1n) is 8.43. The normalized spacial score (nSPS) is 18.4. The second-order valence-corrected chi connectivity index (χ2v) is 5.86. The lowest BCUT2D eigenvalue weighted by molar-refractivity contribution is 0.537. The second-order valence-electron chi connectivity index (χ2n) is 5.86. The molecule has 2 rings (SSSR count). The molecule has 1 unspecified atom stereocenters. The van der Waals surface area contributed by atoms with Gasteiger partial charge in [0.25, 0.3) is 0 Å². The summed E-state index contributed by atoms with van der Waals surface area (Å²) in [6, 6.07) is 9.75. The molecule has 0 aromatic heterocycles. The van der Waals surface area contributed by atoms with Crippen LogP contribution in [0.1, 0.15) is 64.0 Å². The van der Waals surface area contributed by atoms with Gasteiger partial charge in [0, 0.05) is 24.8 Å². The van der Waals surface area contributed by atoms with Gasteiger partial charge in [-0.05, 0) is 43.5 Å². The van der Waals surface area contributed by atoms with Gasteiger partial charge in [-0.3, -0.25) is 0 Å². The number of nitrogens with zero attached hydrogens (tertiary/aromatic N) is 1. The monoisotopic (exact) mass is 274 g/mol. The topological polar surface area (TPSA) is 15.3 Å². The van der Waals surface area contributed by atoms with Crippen LogP contribution in [0.25, 0.3) is 0 Å². The molecule has 1 atom stereocenters. The molecule has 0 spiro atoms. The second kappa shape index (κ2) is 8.31. The van der Waals surface area contributed by atoms with Crippen LogP contribution in [0, 0.1) is 0 Å². The van der Waals surface area contributed by atoms with Crippen LogP contribution in [0.3, 0.4) is 0 Å². The van der Waals surface area contributed by atoms with Gasteiger partial charge in [0.1, 0.15) is 0 Å². The highest BCUT2D eigenvalue weighted by Crippen LogP contribution is 2.23. The van der Waals surface area contributed by atoms with E-state index in [2.05, 4.69) is 48.3 Å². The number of hydrogen-bond acceptors (Lipinski definition) is 2. The van der Waals surface area contributed by atoms with Crippen LogP contribution in [0.4, 0.5) is 5.69 Å². The summed E-state index contributed by atoms with van der Waals surface area (Å²) in [4.78, 5) is 2.57. The van der Waals surface area contributed by atoms with Gasteiger partial charge >= 0.3 is 0 Å². The maximum atomic E-state index is 3.55. The van der Waals surface area contributed by atoms with Gasteiger partial charge in [-0.25, -0.2) is 0 Å². The van der Waals surface area contributed by atoms with Crippen molar-refractivity contribution in [3.63, 3.8) is 0 Å². The van der Waals surface area contributed by atoms with Crippen molar-refractivity contribution in [1.82, 2.24) is 5.32 Å². The van der Waals surface area contributed by atoms with Crippen molar-refractivity contribution < 1.29 is 0 Å². The molecule has 0 amide bonds. The van der Waals surface area contributed by atoms with Gasteiger partial charge in [0.15, 0.2) is 0 Å². The summed E-state index contributed by atoms with van der Waals surface area (Å²) in [5, 5.41) is 3.55. The number of nitrogens with one attached hydrogen (secondary N) is 1. The highest BCUT2D eigenvalue weighted by atomic mass is 15.1. The van der Waals surface area contributed by atoms with Gasteiger partial charge in [0.2, 0.25) is 0 Å². The molecule has 0 radical (unpaired) electrons. The van der Waals surface area contributed by atoms with E-state index in [9.17, 15) is 0 Å². The van der Waals surface area contributed by atoms with Crippen molar-refractivity contribution in [2.45, 2.75) is 58.4 Å². The van der Waals surface area contributed by atoms with Gasteiger partial charge < -0.3 is 10.2 Å².